The van der Waals surface area contributed by atoms with E-state index in [9.17, 15) is 15.0 Å². The van der Waals surface area contributed by atoms with Crippen molar-refractivity contribution in [3.63, 3.8) is 0 Å². The van der Waals surface area contributed by atoms with E-state index in [2.05, 4.69) is 17.4 Å². The van der Waals surface area contributed by atoms with Crippen molar-refractivity contribution in [2.75, 3.05) is 6.61 Å². The standard InChI is InChI=1S/C12H24N2O3.H2O4S/c1-6-7-12(17,8-15)11(4,5)14-13-10(16)9(2)3;1-5(2,3)4/h14-15,17H,2,6-8H2,1,3-5H3,(H,13,16);(H2,1,2,3,4). The molecule has 0 fully saturated rings. The molecule has 0 rings (SSSR count). The highest BCUT2D eigenvalue weighted by Crippen LogP contribution is 2.26. The lowest BCUT2D eigenvalue weighted by atomic mass is 9.80. The summed E-state index contributed by atoms with van der Waals surface area (Å²) in [5, 5.41) is 19.6. The van der Waals surface area contributed by atoms with Gasteiger partial charge in [0.15, 0.2) is 0 Å². The van der Waals surface area contributed by atoms with E-state index in [4.69, 9.17) is 17.5 Å². The van der Waals surface area contributed by atoms with Gasteiger partial charge in [0.05, 0.1) is 12.1 Å². The summed E-state index contributed by atoms with van der Waals surface area (Å²) in [6.45, 7) is 10.1. The molecule has 0 spiro atoms. The van der Waals surface area contributed by atoms with Crippen LogP contribution in [0.3, 0.4) is 0 Å². The predicted octanol–water partition coefficient (Wildman–Crippen LogP) is -0.167. The second-order valence-electron chi connectivity index (χ2n) is 5.37. The van der Waals surface area contributed by atoms with Gasteiger partial charge in [-0.25, -0.2) is 5.43 Å². The van der Waals surface area contributed by atoms with Crippen molar-refractivity contribution in [3.8, 4) is 0 Å². The summed E-state index contributed by atoms with van der Waals surface area (Å²) >= 11 is 0. The highest BCUT2D eigenvalue weighted by atomic mass is 32.3. The number of amides is 1. The Balaban J connectivity index is 0. The molecule has 0 aromatic carbocycles. The van der Waals surface area contributed by atoms with Gasteiger partial charge in [-0.1, -0.05) is 19.9 Å². The molecule has 0 bridgehead atoms. The maximum atomic E-state index is 11.3. The Kier molecular flexibility index (Phi) is 9.69. The van der Waals surface area contributed by atoms with Crippen LogP contribution >= 0.6 is 0 Å². The summed E-state index contributed by atoms with van der Waals surface area (Å²) in [5.41, 5.74) is 3.45. The van der Waals surface area contributed by atoms with Gasteiger partial charge in [-0.2, -0.15) is 8.42 Å². The molecule has 0 aliphatic rings. The molecule has 0 saturated heterocycles. The fraction of sp³-hybridized carbons (Fsp3) is 0.750. The second kappa shape index (κ2) is 9.18. The third kappa shape index (κ3) is 9.82. The highest BCUT2D eigenvalue weighted by Gasteiger charge is 2.42. The van der Waals surface area contributed by atoms with Crippen molar-refractivity contribution in [1.29, 1.82) is 0 Å². The first-order valence-electron chi connectivity index (χ1n) is 6.46. The fourth-order valence-corrected chi connectivity index (χ4v) is 1.44. The molecule has 0 radical (unpaired) electrons. The van der Waals surface area contributed by atoms with E-state index in [0.717, 1.165) is 6.42 Å². The molecule has 0 aromatic heterocycles. The Labute approximate surface area is 131 Å². The van der Waals surface area contributed by atoms with Crippen molar-refractivity contribution >= 4 is 16.3 Å². The summed E-state index contributed by atoms with van der Waals surface area (Å²) in [5.74, 6) is -0.338. The summed E-state index contributed by atoms with van der Waals surface area (Å²) in [6, 6.07) is 0. The lowest BCUT2D eigenvalue weighted by molar-refractivity contribution is -0.122. The molecular weight excluding hydrogens is 316 g/mol. The fourth-order valence-electron chi connectivity index (χ4n) is 1.44. The number of hydrazine groups is 1. The predicted molar refractivity (Wildman–Crippen MR) is 81.3 cm³/mol. The Morgan fingerprint density at radius 1 is 1.27 bits per heavy atom. The van der Waals surface area contributed by atoms with Crippen molar-refractivity contribution < 1.29 is 32.5 Å². The molecule has 1 unspecified atom stereocenters. The molecule has 6 N–H and O–H groups in total. The largest absolute Gasteiger partial charge is 0.394 e. The zero-order valence-corrected chi connectivity index (χ0v) is 14.1. The Morgan fingerprint density at radius 2 is 1.68 bits per heavy atom. The Bertz CT molecular complexity index is 468. The minimum atomic E-state index is -4.67. The van der Waals surface area contributed by atoms with Crippen molar-refractivity contribution in [2.24, 2.45) is 0 Å². The lowest BCUT2D eigenvalue weighted by Gasteiger charge is -2.42. The molecule has 10 heteroatoms. The van der Waals surface area contributed by atoms with Crippen LogP contribution in [0.1, 0.15) is 40.5 Å². The molecular formula is C12H26N2O7S. The van der Waals surface area contributed by atoms with Crippen molar-refractivity contribution in [2.45, 2.75) is 51.7 Å². The molecule has 0 aliphatic heterocycles. The van der Waals surface area contributed by atoms with E-state index >= 15 is 0 Å². The van der Waals surface area contributed by atoms with Gasteiger partial charge in [0.1, 0.15) is 5.60 Å². The smallest absolute Gasteiger partial charge is 0.393 e. The molecule has 1 amide bonds. The zero-order chi connectivity index (χ0) is 18.2. The van der Waals surface area contributed by atoms with Crippen LogP contribution in [0.4, 0.5) is 0 Å². The Hall–Kier alpha value is -1.04. The number of carbonyl (C=O) groups is 1. The van der Waals surface area contributed by atoms with E-state index in [1.807, 2.05) is 6.92 Å². The number of rotatable bonds is 7. The van der Waals surface area contributed by atoms with E-state index in [-0.39, 0.29) is 12.5 Å². The Morgan fingerprint density at radius 3 is 1.95 bits per heavy atom. The van der Waals surface area contributed by atoms with Crippen LogP contribution in [-0.4, -0.2) is 51.4 Å². The number of aliphatic hydroxyl groups excluding tert-OH is 1. The quantitative estimate of drug-likeness (QED) is 0.212. The van der Waals surface area contributed by atoms with Crippen LogP contribution in [0.25, 0.3) is 0 Å². The summed E-state index contributed by atoms with van der Waals surface area (Å²) in [7, 11) is -4.67. The third-order valence-corrected chi connectivity index (χ3v) is 2.96. The second-order valence-corrected chi connectivity index (χ2v) is 6.27. The van der Waals surface area contributed by atoms with Gasteiger partial charge in [-0.15, -0.1) is 0 Å². The molecule has 1 atom stereocenters. The van der Waals surface area contributed by atoms with Crippen LogP contribution in [0.15, 0.2) is 12.2 Å². The molecule has 22 heavy (non-hydrogen) atoms. The van der Waals surface area contributed by atoms with Crippen LogP contribution in [0.5, 0.6) is 0 Å². The number of hydrogen-bond donors (Lipinski definition) is 6. The number of nitrogens with one attached hydrogen (secondary N) is 2. The highest BCUT2D eigenvalue weighted by molar-refractivity contribution is 7.79. The van der Waals surface area contributed by atoms with Gasteiger partial charge in [0.2, 0.25) is 0 Å². The molecule has 132 valence electrons. The van der Waals surface area contributed by atoms with Gasteiger partial charge in [-0.3, -0.25) is 19.3 Å². The SMILES string of the molecule is C=C(C)C(=O)NNC(C)(C)C(O)(CO)CCC.O=S(=O)(O)O. The maximum Gasteiger partial charge on any atom is 0.394 e. The summed E-state index contributed by atoms with van der Waals surface area (Å²) < 4.78 is 31.6. The van der Waals surface area contributed by atoms with Crippen LogP contribution in [0.2, 0.25) is 0 Å². The molecule has 0 heterocycles. The number of aliphatic hydroxyl groups is 2. The van der Waals surface area contributed by atoms with E-state index in [0.29, 0.717) is 12.0 Å². The molecule has 0 saturated carbocycles. The molecule has 0 aromatic rings. The van der Waals surface area contributed by atoms with Gasteiger partial charge < -0.3 is 10.2 Å². The van der Waals surface area contributed by atoms with Crippen LogP contribution in [0, 0.1) is 0 Å². The average molecular weight is 342 g/mol. The van der Waals surface area contributed by atoms with Gasteiger partial charge in [0, 0.05) is 5.57 Å². The zero-order valence-electron chi connectivity index (χ0n) is 13.3. The van der Waals surface area contributed by atoms with Crippen molar-refractivity contribution in [3.05, 3.63) is 12.2 Å². The summed E-state index contributed by atoms with van der Waals surface area (Å²) in [4.78, 5) is 11.3. The lowest BCUT2D eigenvalue weighted by Crippen LogP contribution is -2.65. The first-order chi connectivity index (χ1) is 9.70. The third-order valence-electron chi connectivity index (χ3n) is 2.96. The monoisotopic (exact) mass is 342 g/mol. The topological polar surface area (TPSA) is 156 Å². The normalized spacial score (nSPS) is 14.4. The van der Waals surface area contributed by atoms with Gasteiger partial charge >= 0.3 is 10.4 Å². The van der Waals surface area contributed by atoms with Crippen LogP contribution < -0.4 is 10.9 Å². The molecule has 0 aliphatic carbocycles. The van der Waals surface area contributed by atoms with Crippen molar-refractivity contribution in [1.82, 2.24) is 10.9 Å². The maximum absolute atomic E-state index is 11.3. The summed E-state index contributed by atoms with van der Waals surface area (Å²) in [6.07, 6.45) is 1.17. The van der Waals surface area contributed by atoms with E-state index in [1.54, 1.807) is 20.8 Å². The first-order valence-corrected chi connectivity index (χ1v) is 7.86. The number of carbonyl (C=O) groups excluding carboxylic acids is 1. The minimum absolute atomic E-state index is 0.338. The van der Waals surface area contributed by atoms with Crippen LogP contribution in [-0.2, 0) is 15.2 Å². The van der Waals surface area contributed by atoms with E-state index in [1.165, 1.54) is 0 Å². The minimum Gasteiger partial charge on any atom is -0.393 e. The van der Waals surface area contributed by atoms with Gasteiger partial charge in [-0.05, 0) is 27.2 Å². The molecule has 9 nitrogen and oxygen atoms in total. The first kappa shape index (κ1) is 23.2. The van der Waals surface area contributed by atoms with Gasteiger partial charge in [0.25, 0.3) is 5.91 Å². The van der Waals surface area contributed by atoms with E-state index < -0.39 is 21.5 Å². The number of hydrogen-bond acceptors (Lipinski definition) is 6. The average Bonchev–Trinajstić information content (AvgIpc) is 2.33.